The Bertz CT molecular complexity index is 948. The van der Waals surface area contributed by atoms with E-state index < -0.39 is 16.0 Å². The lowest BCUT2D eigenvalue weighted by Gasteiger charge is -2.30. The van der Waals surface area contributed by atoms with Crippen molar-refractivity contribution in [3.8, 4) is 6.07 Å². The summed E-state index contributed by atoms with van der Waals surface area (Å²) in [6.07, 6.45) is 1.57. The monoisotopic (exact) mass is 356 g/mol. The summed E-state index contributed by atoms with van der Waals surface area (Å²) >= 11 is 0. The lowest BCUT2D eigenvalue weighted by Crippen LogP contribution is -2.35. The van der Waals surface area contributed by atoms with Crippen molar-refractivity contribution >= 4 is 21.7 Å². The minimum Gasteiger partial charge on any atom is -0.447 e. The maximum absolute atomic E-state index is 13.1. The number of hydrogen-bond donors (Lipinski definition) is 0. The Kier molecular flexibility index (Phi) is 4.72. The fourth-order valence-electron chi connectivity index (χ4n) is 2.84. The predicted molar refractivity (Wildman–Crippen MR) is 91.6 cm³/mol. The van der Waals surface area contributed by atoms with Crippen molar-refractivity contribution in [3.63, 3.8) is 0 Å². The van der Waals surface area contributed by atoms with Gasteiger partial charge in [-0.15, -0.1) is 0 Å². The SMILES string of the molecule is N#CCOC(=O)c1cccc(S(=O)(=O)N2CCCc3ccccc32)c1. The second-order valence-corrected chi connectivity index (χ2v) is 7.43. The van der Waals surface area contributed by atoms with Crippen LogP contribution < -0.4 is 4.31 Å². The van der Waals surface area contributed by atoms with Gasteiger partial charge in [-0.3, -0.25) is 4.31 Å². The highest BCUT2D eigenvalue weighted by Crippen LogP contribution is 2.31. The van der Waals surface area contributed by atoms with Crippen LogP contribution in [-0.2, 0) is 21.2 Å². The average Bonchev–Trinajstić information content (AvgIpc) is 2.65. The number of anilines is 1. The number of benzene rings is 2. The highest BCUT2D eigenvalue weighted by molar-refractivity contribution is 7.92. The summed E-state index contributed by atoms with van der Waals surface area (Å²) in [4.78, 5) is 11.9. The van der Waals surface area contributed by atoms with Gasteiger partial charge in [0.2, 0.25) is 0 Å². The minimum atomic E-state index is -3.79. The Hall–Kier alpha value is -2.85. The first-order chi connectivity index (χ1) is 12.0. The van der Waals surface area contributed by atoms with E-state index in [1.54, 1.807) is 12.1 Å². The van der Waals surface area contributed by atoms with Gasteiger partial charge in [0.15, 0.2) is 6.61 Å². The molecule has 7 heteroatoms. The number of fused-ring (bicyclic) bond motifs is 1. The van der Waals surface area contributed by atoms with Crippen LogP contribution in [0.15, 0.2) is 53.4 Å². The zero-order valence-corrected chi connectivity index (χ0v) is 14.2. The van der Waals surface area contributed by atoms with Crippen molar-refractivity contribution in [2.45, 2.75) is 17.7 Å². The van der Waals surface area contributed by atoms with Gasteiger partial charge >= 0.3 is 5.97 Å². The van der Waals surface area contributed by atoms with Gasteiger partial charge in [-0.05, 0) is 42.7 Å². The quantitative estimate of drug-likeness (QED) is 0.786. The van der Waals surface area contributed by atoms with Crippen molar-refractivity contribution in [2.24, 2.45) is 0 Å². The summed E-state index contributed by atoms with van der Waals surface area (Å²) in [5.41, 5.74) is 1.76. The highest BCUT2D eigenvalue weighted by Gasteiger charge is 2.29. The molecule has 2 aromatic carbocycles. The van der Waals surface area contributed by atoms with Crippen LogP contribution >= 0.6 is 0 Å². The first-order valence-corrected chi connectivity index (χ1v) is 9.23. The van der Waals surface area contributed by atoms with E-state index in [0.717, 1.165) is 18.4 Å². The number of sulfonamides is 1. The summed E-state index contributed by atoms with van der Waals surface area (Å²) in [6, 6.07) is 14.8. The lowest BCUT2D eigenvalue weighted by atomic mass is 10.0. The third-order valence-electron chi connectivity index (χ3n) is 3.99. The van der Waals surface area contributed by atoms with E-state index in [-0.39, 0.29) is 17.1 Å². The molecule has 0 radical (unpaired) electrons. The normalized spacial score (nSPS) is 13.6. The Labute approximate surface area is 146 Å². The molecule has 1 heterocycles. The molecular weight excluding hydrogens is 340 g/mol. The first-order valence-electron chi connectivity index (χ1n) is 7.79. The van der Waals surface area contributed by atoms with Gasteiger partial charge in [-0.2, -0.15) is 5.26 Å². The average molecular weight is 356 g/mol. The Balaban J connectivity index is 1.97. The van der Waals surface area contributed by atoms with Crippen LogP contribution in [0, 0.1) is 11.3 Å². The van der Waals surface area contributed by atoms with Gasteiger partial charge in [-0.1, -0.05) is 24.3 Å². The molecule has 0 fully saturated rings. The van der Waals surface area contributed by atoms with Crippen molar-refractivity contribution in [2.75, 3.05) is 17.5 Å². The van der Waals surface area contributed by atoms with Gasteiger partial charge in [-0.25, -0.2) is 13.2 Å². The van der Waals surface area contributed by atoms with Crippen LogP contribution in [0.5, 0.6) is 0 Å². The van der Waals surface area contributed by atoms with Gasteiger partial charge in [0, 0.05) is 6.54 Å². The number of aryl methyl sites for hydroxylation is 1. The highest BCUT2D eigenvalue weighted by atomic mass is 32.2. The summed E-state index contributed by atoms with van der Waals surface area (Å²) < 4.78 is 32.2. The number of hydrogen-bond acceptors (Lipinski definition) is 5. The van der Waals surface area contributed by atoms with Crippen molar-refractivity contribution in [3.05, 3.63) is 59.7 Å². The molecule has 0 unspecified atom stereocenters. The first kappa shape index (κ1) is 17.0. The minimum absolute atomic E-state index is 0.0237. The van der Waals surface area contributed by atoms with E-state index in [2.05, 4.69) is 0 Å². The Morgan fingerprint density at radius 3 is 2.80 bits per heavy atom. The molecule has 3 rings (SSSR count). The molecule has 25 heavy (non-hydrogen) atoms. The topological polar surface area (TPSA) is 87.5 Å². The zero-order valence-electron chi connectivity index (χ0n) is 13.4. The molecule has 0 aromatic heterocycles. The fraction of sp³-hybridized carbons (Fsp3) is 0.222. The Morgan fingerprint density at radius 2 is 2.00 bits per heavy atom. The summed E-state index contributed by atoms with van der Waals surface area (Å²) in [7, 11) is -3.79. The number of para-hydroxylation sites is 1. The van der Waals surface area contributed by atoms with E-state index in [1.165, 1.54) is 28.6 Å². The zero-order chi connectivity index (χ0) is 17.9. The molecule has 0 spiro atoms. The molecule has 1 aliphatic rings. The van der Waals surface area contributed by atoms with E-state index in [0.29, 0.717) is 12.2 Å². The molecule has 0 aliphatic carbocycles. The van der Waals surface area contributed by atoms with E-state index in [1.807, 2.05) is 18.2 Å². The number of carbonyl (C=O) groups is 1. The van der Waals surface area contributed by atoms with E-state index in [4.69, 9.17) is 10.00 Å². The van der Waals surface area contributed by atoms with E-state index >= 15 is 0 Å². The third kappa shape index (κ3) is 3.35. The van der Waals surface area contributed by atoms with Crippen LogP contribution in [0.3, 0.4) is 0 Å². The lowest BCUT2D eigenvalue weighted by molar-refractivity contribution is 0.0554. The number of nitrogens with zero attached hydrogens (tertiary/aromatic N) is 2. The van der Waals surface area contributed by atoms with Crippen molar-refractivity contribution in [1.29, 1.82) is 5.26 Å². The van der Waals surface area contributed by atoms with Crippen LogP contribution in [0.25, 0.3) is 0 Å². The molecule has 0 saturated heterocycles. The largest absolute Gasteiger partial charge is 0.447 e. The van der Waals surface area contributed by atoms with Gasteiger partial charge in [0.05, 0.1) is 16.1 Å². The van der Waals surface area contributed by atoms with Gasteiger partial charge in [0.1, 0.15) is 6.07 Å². The van der Waals surface area contributed by atoms with Gasteiger partial charge in [0.25, 0.3) is 10.0 Å². The number of rotatable bonds is 4. The number of carbonyl (C=O) groups excluding carboxylic acids is 1. The van der Waals surface area contributed by atoms with Crippen molar-refractivity contribution in [1.82, 2.24) is 0 Å². The van der Waals surface area contributed by atoms with Crippen LogP contribution in [0.4, 0.5) is 5.69 Å². The molecule has 0 bridgehead atoms. The van der Waals surface area contributed by atoms with Crippen LogP contribution in [-0.4, -0.2) is 27.5 Å². The maximum atomic E-state index is 13.1. The van der Waals surface area contributed by atoms with E-state index in [9.17, 15) is 13.2 Å². The third-order valence-corrected chi connectivity index (χ3v) is 5.80. The predicted octanol–water partition coefficient (Wildman–Crippen LogP) is 2.51. The second kappa shape index (κ2) is 6.95. The number of nitriles is 1. The fourth-order valence-corrected chi connectivity index (χ4v) is 4.43. The van der Waals surface area contributed by atoms with Crippen LogP contribution in [0.2, 0.25) is 0 Å². The molecular formula is C18H16N2O4S. The summed E-state index contributed by atoms with van der Waals surface area (Å²) in [6.45, 7) is 0.0117. The summed E-state index contributed by atoms with van der Waals surface area (Å²) in [5.74, 6) is -0.724. The second-order valence-electron chi connectivity index (χ2n) is 5.57. The summed E-state index contributed by atoms with van der Waals surface area (Å²) in [5, 5.41) is 8.48. The maximum Gasteiger partial charge on any atom is 0.339 e. The molecule has 0 saturated carbocycles. The van der Waals surface area contributed by atoms with Crippen LogP contribution in [0.1, 0.15) is 22.3 Å². The molecule has 0 amide bonds. The molecule has 0 N–H and O–H groups in total. The Morgan fingerprint density at radius 1 is 1.20 bits per heavy atom. The molecule has 1 aliphatic heterocycles. The molecule has 0 atom stereocenters. The standard InChI is InChI=1S/C18H16N2O4S/c19-10-12-24-18(21)15-6-3-8-16(13-15)25(22,23)20-11-4-7-14-5-1-2-9-17(14)20/h1-3,5-6,8-9,13H,4,7,11-12H2. The number of ether oxygens (including phenoxy) is 1. The molecule has 128 valence electrons. The molecule has 2 aromatic rings. The molecule has 6 nitrogen and oxygen atoms in total. The van der Waals surface area contributed by atoms with Gasteiger partial charge < -0.3 is 4.74 Å². The smallest absolute Gasteiger partial charge is 0.339 e. The van der Waals surface area contributed by atoms with Crippen molar-refractivity contribution < 1.29 is 17.9 Å². The number of esters is 1.